The lowest BCUT2D eigenvalue weighted by Gasteiger charge is -2.44. The van der Waals surface area contributed by atoms with E-state index in [2.05, 4.69) is 121 Å². The molecule has 1 aliphatic rings. The quantitative estimate of drug-likeness (QED) is 0.322. The van der Waals surface area contributed by atoms with Gasteiger partial charge in [-0.2, -0.15) is 0 Å². The van der Waals surface area contributed by atoms with E-state index in [0.29, 0.717) is 0 Å². The Labute approximate surface area is 179 Å². The monoisotopic (exact) mass is 428 g/mol. The Kier molecular flexibility index (Phi) is 6.02. The van der Waals surface area contributed by atoms with Crippen molar-refractivity contribution in [2.24, 2.45) is 0 Å². The molecule has 1 fully saturated rings. The molecule has 2 atom stereocenters. The molecule has 0 amide bonds. The first-order valence-corrected chi connectivity index (χ1v) is 12.8. The first-order chi connectivity index (χ1) is 14.9. The molecule has 0 unspecified atom stereocenters. The smallest absolute Gasteiger partial charge is 0.154 e. The molecular weight excluding hydrogens is 406 g/mol. The Bertz CT molecular complexity index is 891. The summed E-state index contributed by atoms with van der Waals surface area (Å²) in [5.41, 5.74) is 0. The Hall–Kier alpha value is -2.34. The molecule has 0 spiro atoms. The van der Waals surface area contributed by atoms with Crippen molar-refractivity contribution in [3.8, 4) is 0 Å². The van der Waals surface area contributed by atoms with Gasteiger partial charge in [-0.3, -0.25) is 0 Å². The molecule has 0 saturated carbocycles. The van der Waals surface area contributed by atoms with Crippen LogP contribution in [0.5, 0.6) is 0 Å². The third-order valence-electron chi connectivity index (χ3n) is 5.14. The van der Waals surface area contributed by atoms with Gasteiger partial charge in [0.15, 0.2) is 11.7 Å². The molecule has 0 aliphatic carbocycles. The van der Waals surface area contributed by atoms with E-state index in [-0.39, 0.29) is 11.7 Å². The van der Waals surface area contributed by atoms with Crippen molar-refractivity contribution in [2.45, 2.75) is 11.7 Å². The molecule has 0 N–H and O–H groups in total. The topological polar surface area (TPSA) is 18.5 Å². The molecule has 0 radical (unpaired) electrons. The fourth-order valence-corrected chi connectivity index (χ4v) is 9.16. The minimum Gasteiger partial charge on any atom is -0.224 e. The Morgan fingerprint density at radius 3 is 0.800 bits per heavy atom. The Morgan fingerprint density at radius 1 is 0.367 bits per heavy atom. The molecule has 4 aromatic carbocycles. The van der Waals surface area contributed by atoms with Gasteiger partial charge in [-0.1, -0.05) is 121 Å². The van der Waals surface area contributed by atoms with Crippen LogP contribution < -0.4 is 21.2 Å². The van der Waals surface area contributed by atoms with Crippen molar-refractivity contribution >= 4 is 37.1 Å². The predicted molar refractivity (Wildman–Crippen MR) is 128 cm³/mol. The normalized spacial score (nSPS) is 18.3. The molecule has 0 aromatic heterocycles. The van der Waals surface area contributed by atoms with Crippen LogP contribution in [0.15, 0.2) is 121 Å². The second kappa shape index (κ2) is 9.21. The summed E-state index contributed by atoms with van der Waals surface area (Å²) >= 11 is 0. The summed E-state index contributed by atoms with van der Waals surface area (Å²) in [6.45, 7) is 0. The Morgan fingerprint density at radius 2 is 0.600 bits per heavy atom. The summed E-state index contributed by atoms with van der Waals surface area (Å²) in [5.74, 6) is 0.0210. The van der Waals surface area contributed by atoms with Crippen LogP contribution in [0.2, 0.25) is 0 Å². The third-order valence-corrected chi connectivity index (χ3v) is 10.5. The van der Waals surface area contributed by atoms with E-state index in [1.165, 1.54) is 21.2 Å². The van der Waals surface area contributed by atoms with Crippen LogP contribution in [0.4, 0.5) is 0 Å². The average Bonchev–Trinajstić information content (AvgIpc) is 2.82. The van der Waals surface area contributed by atoms with Crippen LogP contribution in [0, 0.1) is 0 Å². The van der Waals surface area contributed by atoms with E-state index in [9.17, 15) is 0 Å². The molecule has 4 heteroatoms. The van der Waals surface area contributed by atoms with Gasteiger partial charge in [0, 0.05) is 0 Å². The highest BCUT2D eigenvalue weighted by Crippen LogP contribution is 2.57. The highest BCUT2D eigenvalue weighted by molar-refractivity contribution is 7.77. The van der Waals surface area contributed by atoms with Crippen molar-refractivity contribution in [1.82, 2.24) is 0 Å². The standard InChI is InChI=1S/C26H22O2P2/c1-5-13-21(14-6-1)29(22-15-7-2-8-16-22)25-26(28-27-25)30(23-17-9-3-10-18-23)24-19-11-4-12-20-24/h1-20,25-26H/t25-,26+. The minimum absolute atomic E-state index is 0.0105. The van der Waals surface area contributed by atoms with Crippen LogP contribution in [-0.2, 0) is 9.78 Å². The number of rotatable bonds is 6. The second-order valence-corrected chi connectivity index (χ2v) is 11.6. The van der Waals surface area contributed by atoms with Crippen LogP contribution >= 0.6 is 15.8 Å². The maximum absolute atomic E-state index is 5.88. The zero-order valence-electron chi connectivity index (χ0n) is 16.4. The van der Waals surface area contributed by atoms with Gasteiger partial charge in [0.1, 0.15) is 0 Å². The van der Waals surface area contributed by atoms with Crippen LogP contribution in [0.1, 0.15) is 0 Å². The highest BCUT2D eigenvalue weighted by Gasteiger charge is 2.47. The predicted octanol–water partition coefficient (Wildman–Crippen LogP) is 4.87. The number of hydrogen-bond donors (Lipinski definition) is 0. The fraction of sp³-hybridized carbons (Fsp3) is 0.0769. The zero-order valence-corrected chi connectivity index (χ0v) is 18.2. The van der Waals surface area contributed by atoms with Crippen molar-refractivity contribution in [3.63, 3.8) is 0 Å². The van der Waals surface area contributed by atoms with Crippen molar-refractivity contribution in [1.29, 1.82) is 0 Å². The zero-order chi connectivity index (χ0) is 20.2. The number of hydrogen-bond acceptors (Lipinski definition) is 2. The first kappa shape index (κ1) is 19.6. The van der Waals surface area contributed by atoms with Gasteiger partial charge in [0.05, 0.1) is 0 Å². The van der Waals surface area contributed by atoms with Crippen LogP contribution in [-0.4, -0.2) is 11.7 Å². The average molecular weight is 428 g/mol. The molecule has 148 valence electrons. The fourth-order valence-electron chi connectivity index (χ4n) is 3.74. The lowest BCUT2D eigenvalue weighted by molar-refractivity contribution is -0.414. The molecule has 1 aliphatic heterocycles. The van der Waals surface area contributed by atoms with Crippen molar-refractivity contribution in [2.75, 3.05) is 0 Å². The minimum atomic E-state index is -0.709. The molecule has 2 nitrogen and oxygen atoms in total. The second-order valence-electron chi connectivity index (χ2n) is 7.06. The Balaban J connectivity index is 1.56. The molecule has 0 bridgehead atoms. The highest BCUT2D eigenvalue weighted by atomic mass is 31.1. The lowest BCUT2D eigenvalue weighted by atomic mass is 10.4. The molecular formula is C26H22O2P2. The van der Waals surface area contributed by atoms with E-state index >= 15 is 0 Å². The van der Waals surface area contributed by atoms with E-state index in [0.717, 1.165) is 0 Å². The summed E-state index contributed by atoms with van der Waals surface area (Å²) in [6, 6.07) is 42.9. The third kappa shape index (κ3) is 3.97. The lowest BCUT2D eigenvalue weighted by Crippen LogP contribution is -2.46. The number of benzene rings is 4. The van der Waals surface area contributed by atoms with Gasteiger partial charge in [-0.15, -0.1) is 0 Å². The van der Waals surface area contributed by atoms with Gasteiger partial charge in [0.2, 0.25) is 0 Å². The van der Waals surface area contributed by atoms with E-state index in [1.54, 1.807) is 0 Å². The molecule has 30 heavy (non-hydrogen) atoms. The van der Waals surface area contributed by atoms with Crippen LogP contribution in [0.25, 0.3) is 0 Å². The summed E-state index contributed by atoms with van der Waals surface area (Å²) in [5, 5.41) is 5.25. The van der Waals surface area contributed by atoms with Gasteiger partial charge in [-0.25, -0.2) is 9.78 Å². The van der Waals surface area contributed by atoms with Crippen LogP contribution in [0.3, 0.4) is 0 Å². The summed E-state index contributed by atoms with van der Waals surface area (Å²) in [6.07, 6.45) is 0. The molecule has 1 saturated heterocycles. The van der Waals surface area contributed by atoms with Gasteiger partial charge in [-0.05, 0) is 37.1 Å². The summed E-state index contributed by atoms with van der Waals surface area (Å²) < 4.78 is 0. The molecule has 5 rings (SSSR count). The van der Waals surface area contributed by atoms with E-state index < -0.39 is 15.8 Å². The van der Waals surface area contributed by atoms with Crippen molar-refractivity contribution in [3.05, 3.63) is 121 Å². The maximum Gasteiger partial charge on any atom is 0.154 e. The molecule has 4 aromatic rings. The largest absolute Gasteiger partial charge is 0.224 e. The van der Waals surface area contributed by atoms with Gasteiger partial charge < -0.3 is 0 Å². The summed E-state index contributed by atoms with van der Waals surface area (Å²) in [4.78, 5) is 11.8. The molecule has 1 heterocycles. The van der Waals surface area contributed by atoms with Gasteiger partial charge in [0.25, 0.3) is 0 Å². The van der Waals surface area contributed by atoms with E-state index in [1.807, 2.05) is 0 Å². The first-order valence-electron chi connectivity index (χ1n) is 10.0. The summed E-state index contributed by atoms with van der Waals surface area (Å²) in [7, 11) is -1.42. The van der Waals surface area contributed by atoms with Crippen molar-refractivity contribution < 1.29 is 9.78 Å². The maximum atomic E-state index is 5.88. The SMILES string of the molecule is c1ccc(P(c2ccccc2)[C@@H]2OO[C@@H]2P(c2ccccc2)c2ccccc2)cc1. The van der Waals surface area contributed by atoms with E-state index in [4.69, 9.17) is 9.78 Å². The van der Waals surface area contributed by atoms with Gasteiger partial charge >= 0.3 is 0 Å².